The van der Waals surface area contributed by atoms with Crippen molar-refractivity contribution in [3.63, 3.8) is 0 Å². The van der Waals surface area contributed by atoms with Gasteiger partial charge in [0, 0.05) is 28.9 Å². The van der Waals surface area contributed by atoms with Gasteiger partial charge in [-0.2, -0.15) is 0 Å². The van der Waals surface area contributed by atoms with Crippen LogP contribution in [-0.4, -0.2) is 23.8 Å². The van der Waals surface area contributed by atoms with E-state index in [-0.39, 0.29) is 17.6 Å². The second-order valence-corrected chi connectivity index (χ2v) is 8.79. The molecular formula is C27H20FN3O3S. The first-order valence-electron chi connectivity index (χ1n) is 10.8. The summed E-state index contributed by atoms with van der Waals surface area (Å²) in [5.41, 5.74) is 4.44. The molecule has 2 N–H and O–H groups in total. The van der Waals surface area contributed by atoms with Crippen LogP contribution in [0.2, 0.25) is 0 Å². The van der Waals surface area contributed by atoms with Crippen molar-refractivity contribution in [1.82, 2.24) is 10.3 Å². The zero-order valence-electron chi connectivity index (χ0n) is 18.9. The van der Waals surface area contributed by atoms with Gasteiger partial charge in [0.25, 0.3) is 11.8 Å². The molecule has 174 valence electrons. The minimum absolute atomic E-state index is 0.254. The van der Waals surface area contributed by atoms with Gasteiger partial charge in [0.05, 0.1) is 11.3 Å². The Morgan fingerprint density at radius 1 is 0.943 bits per heavy atom. The Hall–Kier alpha value is -4.30. The molecule has 0 radical (unpaired) electrons. The number of halogens is 1. The van der Waals surface area contributed by atoms with Crippen LogP contribution in [0.25, 0.3) is 33.4 Å². The summed E-state index contributed by atoms with van der Waals surface area (Å²) in [6.45, 7) is 1.87. The number of rotatable bonds is 5. The third-order valence-corrected chi connectivity index (χ3v) is 6.42. The fourth-order valence-corrected chi connectivity index (χ4v) is 4.54. The Labute approximate surface area is 204 Å². The van der Waals surface area contributed by atoms with Crippen molar-refractivity contribution in [2.45, 2.75) is 6.92 Å². The van der Waals surface area contributed by atoms with Crippen LogP contribution in [0.15, 0.2) is 76.5 Å². The molecule has 2 amide bonds. The molecule has 6 nitrogen and oxygen atoms in total. The van der Waals surface area contributed by atoms with Crippen molar-refractivity contribution < 1.29 is 18.4 Å². The molecule has 0 unspecified atom stereocenters. The number of carbonyl (C=O) groups excluding carboxylic acids is 2. The number of anilines is 1. The zero-order chi connectivity index (χ0) is 24.5. The molecule has 35 heavy (non-hydrogen) atoms. The fourth-order valence-electron chi connectivity index (χ4n) is 3.85. The number of aromatic nitrogens is 1. The van der Waals surface area contributed by atoms with E-state index in [1.165, 1.54) is 23.5 Å². The van der Waals surface area contributed by atoms with Crippen molar-refractivity contribution >= 4 is 39.3 Å². The highest BCUT2D eigenvalue weighted by Crippen LogP contribution is 2.36. The van der Waals surface area contributed by atoms with Gasteiger partial charge < -0.3 is 9.73 Å². The van der Waals surface area contributed by atoms with E-state index in [0.717, 1.165) is 16.8 Å². The number of benzene rings is 3. The van der Waals surface area contributed by atoms with Crippen molar-refractivity contribution in [2.75, 3.05) is 12.4 Å². The van der Waals surface area contributed by atoms with E-state index >= 15 is 0 Å². The molecule has 2 aromatic heterocycles. The minimum atomic E-state index is -0.373. The summed E-state index contributed by atoms with van der Waals surface area (Å²) in [5.74, 6) is -0.576. The number of fused-ring (bicyclic) bond motifs is 1. The standard InChI is InChI=1S/C27H20FN3O3S/c1-15-14-35-27(30-15)31-25(32)19-5-3-4-17(12-19)18-8-11-22-21(13-18)23(26(33)29-2)24(34-22)16-6-9-20(28)10-7-16/h3-14H,1-2H3,(H,29,33)(H,30,31,32). The third-order valence-electron chi connectivity index (χ3n) is 5.55. The summed E-state index contributed by atoms with van der Waals surface area (Å²) in [6.07, 6.45) is 0. The maximum atomic E-state index is 13.4. The highest BCUT2D eigenvalue weighted by molar-refractivity contribution is 7.13. The molecule has 0 atom stereocenters. The largest absolute Gasteiger partial charge is 0.455 e. The molecule has 3 aromatic carbocycles. The van der Waals surface area contributed by atoms with Gasteiger partial charge in [0.15, 0.2) is 5.13 Å². The molecule has 0 aliphatic rings. The van der Waals surface area contributed by atoms with Crippen LogP contribution in [0.5, 0.6) is 0 Å². The quantitative estimate of drug-likeness (QED) is 0.307. The molecule has 0 saturated heterocycles. The average molecular weight is 486 g/mol. The average Bonchev–Trinajstić information content (AvgIpc) is 3.46. The lowest BCUT2D eigenvalue weighted by Crippen LogP contribution is -2.18. The van der Waals surface area contributed by atoms with Gasteiger partial charge in [0.1, 0.15) is 17.2 Å². The van der Waals surface area contributed by atoms with Gasteiger partial charge in [-0.1, -0.05) is 18.2 Å². The maximum absolute atomic E-state index is 13.4. The summed E-state index contributed by atoms with van der Waals surface area (Å²) < 4.78 is 19.5. The smallest absolute Gasteiger partial charge is 0.257 e. The second-order valence-electron chi connectivity index (χ2n) is 7.93. The number of nitrogens with one attached hydrogen (secondary N) is 2. The van der Waals surface area contributed by atoms with Gasteiger partial charge in [-0.05, 0) is 66.6 Å². The predicted molar refractivity (Wildman–Crippen MR) is 135 cm³/mol. The highest BCUT2D eigenvalue weighted by atomic mass is 32.1. The van der Waals surface area contributed by atoms with E-state index in [9.17, 15) is 14.0 Å². The van der Waals surface area contributed by atoms with Crippen molar-refractivity contribution in [2.24, 2.45) is 0 Å². The number of nitrogens with zero attached hydrogens (tertiary/aromatic N) is 1. The molecule has 0 aliphatic heterocycles. The number of hydrogen-bond acceptors (Lipinski definition) is 5. The molecule has 0 saturated carbocycles. The lowest BCUT2D eigenvalue weighted by atomic mass is 9.99. The molecule has 0 spiro atoms. The van der Waals surface area contributed by atoms with Gasteiger partial charge in [-0.25, -0.2) is 9.37 Å². The van der Waals surface area contributed by atoms with Crippen LogP contribution >= 0.6 is 11.3 Å². The lowest BCUT2D eigenvalue weighted by Gasteiger charge is -2.07. The Morgan fingerprint density at radius 2 is 1.69 bits per heavy atom. The minimum Gasteiger partial charge on any atom is -0.455 e. The van der Waals surface area contributed by atoms with E-state index in [4.69, 9.17) is 4.42 Å². The predicted octanol–water partition coefficient (Wildman–Crippen LogP) is 6.28. The van der Waals surface area contributed by atoms with Gasteiger partial charge in [-0.15, -0.1) is 11.3 Å². The number of aryl methyl sites for hydroxylation is 1. The van der Waals surface area contributed by atoms with Gasteiger partial charge in [0.2, 0.25) is 0 Å². The van der Waals surface area contributed by atoms with Crippen LogP contribution in [-0.2, 0) is 0 Å². The molecule has 0 fully saturated rings. The molecular weight excluding hydrogens is 465 g/mol. The normalized spacial score (nSPS) is 10.9. The van der Waals surface area contributed by atoms with E-state index in [0.29, 0.717) is 38.6 Å². The highest BCUT2D eigenvalue weighted by Gasteiger charge is 2.22. The molecule has 8 heteroatoms. The number of hydrogen-bond donors (Lipinski definition) is 2. The van der Waals surface area contributed by atoms with Gasteiger partial charge >= 0.3 is 0 Å². The summed E-state index contributed by atoms with van der Waals surface area (Å²) in [6, 6.07) is 18.5. The Kier molecular flexibility index (Phi) is 5.88. The molecule has 5 aromatic rings. The first-order chi connectivity index (χ1) is 16.9. The molecule has 0 aliphatic carbocycles. The van der Waals surface area contributed by atoms with Crippen molar-refractivity contribution in [3.8, 4) is 22.5 Å². The Bertz CT molecular complexity index is 1570. The van der Waals surface area contributed by atoms with Crippen LogP contribution in [0, 0.1) is 12.7 Å². The van der Waals surface area contributed by atoms with E-state index in [1.807, 2.05) is 30.5 Å². The summed E-state index contributed by atoms with van der Waals surface area (Å²) in [5, 5.41) is 8.51. The zero-order valence-corrected chi connectivity index (χ0v) is 19.7. The third kappa shape index (κ3) is 4.43. The fraction of sp³-hybridized carbons (Fsp3) is 0.0741. The van der Waals surface area contributed by atoms with E-state index in [1.54, 1.807) is 43.4 Å². The van der Waals surface area contributed by atoms with Crippen LogP contribution in [0.4, 0.5) is 9.52 Å². The van der Waals surface area contributed by atoms with E-state index < -0.39 is 0 Å². The van der Waals surface area contributed by atoms with Crippen molar-refractivity contribution in [3.05, 3.63) is 94.7 Å². The summed E-state index contributed by atoms with van der Waals surface area (Å²) >= 11 is 1.37. The Balaban J connectivity index is 1.55. The number of furan rings is 1. The number of thiazole rings is 1. The van der Waals surface area contributed by atoms with Crippen molar-refractivity contribution in [1.29, 1.82) is 0 Å². The van der Waals surface area contributed by atoms with Gasteiger partial charge in [-0.3, -0.25) is 14.9 Å². The Morgan fingerprint density at radius 3 is 2.40 bits per heavy atom. The number of amides is 2. The van der Waals surface area contributed by atoms with E-state index in [2.05, 4.69) is 15.6 Å². The molecule has 5 rings (SSSR count). The first kappa shape index (κ1) is 22.5. The van der Waals surface area contributed by atoms with Crippen LogP contribution < -0.4 is 10.6 Å². The lowest BCUT2D eigenvalue weighted by molar-refractivity contribution is 0.0963. The summed E-state index contributed by atoms with van der Waals surface area (Å²) in [7, 11) is 1.55. The van der Waals surface area contributed by atoms with Crippen LogP contribution in [0.3, 0.4) is 0 Å². The maximum Gasteiger partial charge on any atom is 0.257 e. The monoisotopic (exact) mass is 485 g/mol. The first-order valence-corrected chi connectivity index (χ1v) is 11.7. The molecule has 0 bridgehead atoms. The second kappa shape index (κ2) is 9.15. The van der Waals surface area contributed by atoms with Crippen LogP contribution in [0.1, 0.15) is 26.4 Å². The molecule has 2 heterocycles. The SMILES string of the molecule is CNC(=O)c1c(-c2ccc(F)cc2)oc2ccc(-c3cccc(C(=O)Nc4nc(C)cs4)c3)cc12. The summed E-state index contributed by atoms with van der Waals surface area (Å²) in [4.78, 5) is 29.8. The topological polar surface area (TPSA) is 84.2 Å². The number of carbonyl (C=O) groups is 2.